The normalized spacial score (nSPS) is 9.47. The summed E-state index contributed by atoms with van der Waals surface area (Å²) in [6.45, 7) is 5.39. The van der Waals surface area contributed by atoms with Crippen molar-refractivity contribution in [3.8, 4) is 0 Å². The molecule has 90 valence electrons. The van der Waals surface area contributed by atoms with E-state index in [4.69, 9.17) is 0 Å². The van der Waals surface area contributed by atoms with Gasteiger partial charge in [0.2, 0.25) is 11.8 Å². The number of aromatic nitrogens is 1. The highest BCUT2D eigenvalue weighted by atomic mass is 16.2. The minimum Gasteiger partial charge on any atom is -0.352 e. The van der Waals surface area contributed by atoms with E-state index in [-0.39, 0.29) is 24.8 Å². The SMILES string of the molecule is C=C(C)C(=O)NCCC(=O)Nc1ccccn1. The summed E-state index contributed by atoms with van der Waals surface area (Å²) < 4.78 is 0. The van der Waals surface area contributed by atoms with Crippen LogP contribution in [0, 0.1) is 0 Å². The summed E-state index contributed by atoms with van der Waals surface area (Å²) in [4.78, 5) is 26.5. The Bertz CT molecular complexity index is 415. The number of pyridine rings is 1. The summed E-state index contributed by atoms with van der Waals surface area (Å²) in [5, 5.41) is 5.20. The number of anilines is 1. The van der Waals surface area contributed by atoms with Crippen LogP contribution in [0.3, 0.4) is 0 Å². The van der Waals surface area contributed by atoms with Crippen molar-refractivity contribution in [3.05, 3.63) is 36.5 Å². The maximum absolute atomic E-state index is 11.4. The van der Waals surface area contributed by atoms with Crippen LogP contribution < -0.4 is 10.6 Å². The maximum atomic E-state index is 11.4. The fourth-order valence-electron chi connectivity index (χ4n) is 1.08. The third-order valence-electron chi connectivity index (χ3n) is 1.96. The molecule has 0 saturated carbocycles. The van der Waals surface area contributed by atoms with Crippen molar-refractivity contribution in [2.24, 2.45) is 0 Å². The summed E-state index contributed by atoms with van der Waals surface area (Å²) in [5.41, 5.74) is 0.426. The van der Waals surface area contributed by atoms with Crippen molar-refractivity contribution in [3.63, 3.8) is 0 Å². The Kier molecular flexibility index (Phi) is 4.87. The van der Waals surface area contributed by atoms with E-state index in [9.17, 15) is 9.59 Å². The molecule has 0 aromatic carbocycles. The topological polar surface area (TPSA) is 71.1 Å². The van der Waals surface area contributed by atoms with Gasteiger partial charge in [-0.2, -0.15) is 0 Å². The standard InChI is InChI=1S/C12H15N3O2/c1-9(2)12(17)14-8-6-11(16)15-10-5-3-4-7-13-10/h3-5,7H,1,6,8H2,2H3,(H,14,17)(H,13,15,16). The zero-order chi connectivity index (χ0) is 12.7. The van der Waals surface area contributed by atoms with E-state index < -0.39 is 0 Å². The molecule has 0 atom stereocenters. The highest BCUT2D eigenvalue weighted by molar-refractivity contribution is 5.93. The minimum absolute atomic E-state index is 0.189. The molecular formula is C12H15N3O2. The predicted octanol–water partition coefficient (Wildman–Crippen LogP) is 1.10. The van der Waals surface area contributed by atoms with Gasteiger partial charge in [-0.25, -0.2) is 4.98 Å². The summed E-state index contributed by atoms with van der Waals surface area (Å²) in [6, 6.07) is 5.25. The number of carbonyl (C=O) groups is 2. The Labute approximate surface area is 99.9 Å². The number of nitrogens with one attached hydrogen (secondary N) is 2. The van der Waals surface area contributed by atoms with E-state index in [1.165, 1.54) is 0 Å². The van der Waals surface area contributed by atoms with Gasteiger partial charge in [-0.1, -0.05) is 12.6 Å². The first-order valence-electron chi connectivity index (χ1n) is 5.24. The summed E-state index contributed by atoms with van der Waals surface area (Å²) in [6.07, 6.45) is 1.80. The monoisotopic (exact) mass is 233 g/mol. The molecule has 5 heteroatoms. The van der Waals surface area contributed by atoms with Crippen LogP contribution in [-0.4, -0.2) is 23.3 Å². The molecule has 0 spiro atoms. The molecule has 0 aliphatic carbocycles. The highest BCUT2D eigenvalue weighted by Gasteiger charge is 2.04. The van der Waals surface area contributed by atoms with Crippen molar-refractivity contribution < 1.29 is 9.59 Å². The Morgan fingerprint density at radius 1 is 1.41 bits per heavy atom. The lowest BCUT2D eigenvalue weighted by Gasteiger charge is -2.05. The van der Waals surface area contributed by atoms with Crippen molar-refractivity contribution in [2.45, 2.75) is 13.3 Å². The van der Waals surface area contributed by atoms with Crippen molar-refractivity contribution in [1.82, 2.24) is 10.3 Å². The van der Waals surface area contributed by atoms with Crippen LogP contribution in [-0.2, 0) is 9.59 Å². The molecule has 2 N–H and O–H groups in total. The molecule has 0 aliphatic rings. The quantitative estimate of drug-likeness (QED) is 0.748. The molecule has 0 radical (unpaired) electrons. The zero-order valence-corrected chi connectivity index (χ0v) is 9.69. The highest BCUT2D eigenvalue weighted by Crippen LogP contribution is 2.00. The van der Waals surface area contributed by atoms with Gasteiger partial charge in [0.1, 0.15) is 5.82 Å². The van der Waals surface area contributed by atoms with Crippen molar-refractivity contribution in [2.75, 3.05) is 11.9 Å². The van der Waals surface area contributed by atoms with E-state index in [1.807, 2.05) is 0 Å². The molecule has 1 heterocycles. The Morgan fingerprint density at radius 3 is 2.76 bits per heavy atom. The molecule has 0 fully saturated rings. The van der Waals surface area contributed by atoms with Crippen LogP contribution in [0.25, 0.3) is 0 Å². The van der Waals surface area contributed by atoms with Crippen LogP contribution in [0.15, 0.2) is 36.5 Å². The second-order valence-corrected chi connectivity index (χ2v) is 3.55. The Morgan fingerprint density at radius 2 is 2.18 bits per heavy atom. The first-order chi connectivity index (χ1) is 8.09. The van der Waals surface area contributed by atoms with Crippen molar-refractivity contribution in [1.29, 1.82) is 0 Å². The van der Waals surface area contributed by atoms with Crippen LogP contribution in [0.4, 0.5) is 5.82 Å². The second-order valence-electron chi connectivity index (χ2n) is 3.55. The minimum atomic E-state index is -0.240. The van der Waals surface area contributed by atoms with Gasteiger partial charge in [0.15, 0.2) is 0 Å². The summed E-state index contributed by atoms with van der Waals surface area (Å²) in [5.74, 6) is 0.0741. The molecule has 17 heavy (non-hydrogen) atoms. The van der Waals surface area contributed by atoms with E-state index in [1.54, 1.807) is 31.3 Å². The first kappa shape index (κ1) is 12.9. The molecule has 0 unspecified atom stereocenters. The van der Waals surface area contributed by atoms with Gasteiger partial charge in [0, 0.05) is 24.7 Å². The average Bonchev–Trinajstić information content (AvgIpc) is 2.30. The lowest BCUT2D eigenvalue weighted by Crippen LogP contribution is -2.27. The van der Waals surface area contributed by atoms with Gasteiger partial charge in [-0.3, -0.25) is 9.59 Å². The lowest BCUT2D eigenvalue weighted by atomic mass is 10.3. The van der Waals surface area contributed by atoms with Gasteiger partial charge in [0.05, 0.1) is 0 Å². The number of nitrogens with zero attached hydrogens (tertiary/aromatic N) is 1. The van der Waals surface area contributed by atoms with Gasteiger partial charge >= 0.3 is 0 Å². The Balaban J connectivity index is 2.27. The van der Waals surface area contributed by atoms with E-state index in [0.29, 0.717) is 11.4 Å². The molecular weight excluding hydrogens is 218 g/mol. The molecule has 2 amide bonds. The van der Waals surface area contributed by atoms with Gasteiger partial charge < -0.3 is 10.6 Å². The molecule has 5 nitrogen and oxygen atoms in total. The number of amides is 2. The van der Waals surface area contributed by atoms with Crippen molar-refractivity contribution >= 4 is 17.6 Å². The number of hydrogen-bond donors (Lipinski definition) is 2. The molecule has 1 aromatic heterocycles. The lowest BCUT2D eigenvalue weighted by molar-refractivity contribution is -0.118. The average molecular weight is 233 g/mol. The predicted molar refractivity (Wildman–Crippen MR) is 65.3 cm³/mol. The third kappa shape index (κ3) is 4.92. The Hall–Kier alpha value is -2.17. The summed E-state index contributed by atoms with van der Waals surface area (Å²) >= 11 is 0. The number of rotatable bonds is 5. The second kappa shape index (κ2) is 6.42. The fraction of sp³-hybridized carbons (Fsp3) is 0.250. The summed E-state index contributed by atoms with van der Waals surface area (Å²) in [7, 11) is 0. The van der Waals surface area contributed by atoms with Crippen LogP contribution in [0.1, 0.15) is 13.3 Å². The largest absolute Gasteiger partial charge is 0.352 e. The van der Waals surface area contributed by atoms with Crippen LogP contribution in [0.2, 0.25) is 0 Å². The fourth-order valence-corrected chi connectivity index (χ4v) is 1.08. The van der Waals surface area contributed by atoms with E-state index in [2.05, 4.69) is 22.2 Å². The smallest absolute Gasteiger partial charge is 0.246 e. The van der Waals surface area contributed by atoms with Crippen LogP contribution >= 0.6 is 0 Å². The molecule has 0 bridgehead atoms. The maximum Gasteiger partial charge on any atom is 0.246 e. The van der Waals surface area contributed by atoms with Gasteiger partial charge in [-0.05, 0) is 19.1 Å². The molecule has 1 aromatic rings. The third-order valence-corrected chi connectivity index (χ3v) is 1.96. The number of carbonyl (C=O) groups excluding carboxylic acids is 2. The van der Waals surface area contributed by atoms with Crippen LogP contribution in [0.5, 0.6) is 0 Å². The van der Waals surface area contributed by atoms with E-state index in [0.717, 1.165) is 0 Å². The molecule has 0 saturated heterocycles. The van der Waals surface area contributed by atoms with Gasteiger partial charge in [0.25, 0.3) is 0 Å². The van der Waals surface area contributed by atoms with Gasteiger partial charge in [-0.15, -0.1) is 0 Å². The molecule has 0 aliphatic heterocycles. The van der Waals surface area contributed by atoms with E-state index >= 15 is 0 Å². The number of hydrogen-bond acceptors (Lipinski definition) is 3. The molecule has 1 rings (SSSR count). The first-order valence-corrected chi connectivity index (χ1v) is 5.24. The zero-order valence-electron chi connectivity index (χ0n) is 9.69.